The van der Waals surface area contributed by atoms with Gasteiger partial charge in [0.2, 0.25) is 10.0 Å². The second kappa shape index (κ2) is 9.45. The number of aromatic nitrogens is 2. The van der Waals surface area contributed by atoms with Crippen molar-refractivity contribution in [1.29, 1.82) is 0 Å². The highest BCUT2D eigenvalue weighted by atomic mass is 32.2. The van der Waals surface area contributed by atoms with Gasteiger partial charge in [0.05, 0.1) is 29.4 Å². The lowest BCUT2D eigenvalue weighted by molar-refractivity contribution is 0.161. The van der Waals surface area contributed by atoms with Gasteiger partial charge in [-0.2, -0.15) is 0 Å². The molecule has 0 fully saturated rings. The van der Waals surface area contributed by atoms with Gasteiger partial charge in [-0.05, 0) is 69.0 Å². The van der Waals surface area contributed by atoms with Crippen molar-refractivity contribution in [3.8, 4) is 0 Å². The third kappa shape index (κ3) is 5.50. The zero-order chi connectivity index (χ0) is 20.0. The third-order valence-electron chi connectivity index (χ3n) is 5.04. The van der Waals surface area contributed by atoms with Gasteiger partial charge in [0.15, 0.2) is 0 Å². The minimum atomic E-state index is -3.37. The van der Waals surface area contributed by atoms with Crippen molar-refractivity contribution in [3.05, 3.63) is 53.6 Å². The molecule has 0 bridgehead atoms. The molecule has 0 aromatic carbocycles. The lowest BCUT2D eigenvalue weighted by Crippen LogP contribution is -2.33. The highest BCUT2D eigenvalue weighted by Crippen LogP contribution is 2.34. The first-order valence-electron chi connectivity index (χ1n) is 9.77. The summed E-state index contributed by atoms with van der Waals surface area (Å²) >= 11 is 0. The maximum atomic E-state index is 11.7. The van der Waals surface area contributed by atoms with Crippen molar-refractivity contribution in [2.24, 2.45) is 5.73 Å². The lowest BCUT2D eigenvalue weighted by atomic mass is 9.90. The van der Waals surface area contributed by atoms with Gasteiger partial charge in [0, 0.05) is 18.9 Å². The minimum Gasteiger partial charge on any atom is -0.330 e. The molecule has 8 heteroatoms. The van der Waals surface area contributed by atoms with Crippen LogP contribution >= 0.6 is 0 Å². The quantitative estimate of drug-likeness (QED) is 0.624. The smallest absolute Gasteiger partial charge is 0.229 e. The summed E-state index contributed by atoms with van der Waals surface area (Å²) in [6.07, 6.45) is 9.86. The molecule has 7 nitrogen and oxygen atoms in total. The Morgan fingerprint density at radius 1 is 1.21 bits per heavy atom. The van der Waals surface area contributed by atoms with Gasteiger partial charge in [0.1, 0.15) is 0 Å². The van der Waals surface area contributed by atoms with Crippen LogP contribution in [0.2, 0.25) is 0 Å². The van der Waals surface area contributed by atoms with Gasteiger partial charge < -0.3 is 5.73 Å². The molecule has 0 aliphatic heterocycles. The van der Waals surface area contributed by atoms with E-state index in [0.29, 0.717) is 18.8 Å². The zero-order valence-electron chi connectivity index (χ0n) is 16.3. The SMILES string of the molecule is CS(=O)(=O)Nc1cccnc1CN(CCCCN)C1CCCc2cccnc21. The van der Waals surface area contributed by atoms with Crippen LogP contribution in [0.4, 0.5) is 5.69 Å². The van der Waals surface area contributed by atoms with Crippen LogP contribution in [-0.2, 0) is 23.0 Å². The molecule has 3 N–H and O–H groups in total. The number of hydrogen-bond acceptors (Lipinski definition) is 6. The Balaban J connectivity index is 1.88. The second-order valence-electron chi connectivity index (χ2n) is 7.29. The van der Waals surface area contributed by atoms with E-state index in [2.05, 4.69) is 25.7 Å². The fourth-order valence-electron chi connectivity index (χ4n) is 3.79. The van der Waals surface area contributed by atoms with Gasteiger partial charge >= 0.3 is 0 Å². The van der Waals surface area contributed by atoms with Gasteiger partial charge in [0.25, 0.3) is 0 Å². The molecule has 1 aliphatic carbocycles. The molecule has 0 saturated heterocycles. The monoisotopic (exact) mass is 403 g/mol. The molecule has 152 valence electrons. The Bertz CT molecular complexity index is 888. The number of nitrogens with zero attached hydrogens (tertiary/aromatic N) is 3. The predicted molar refractivity (Wildman–Crippen MR) is 111 cm³/mol. The van der Waals surface area contributed by atoms with Crippen molar-refractivity contribution in [3.63, 3.8) is 0 Å². The van der Waals surface area contributed by atoms with Crippen LogP contribution in [0.1, 0.15) is 48.7 Å². The van der Waals surface area contributed by atoms with E-state index >= 15 is 0 Å². The van der Waals surface area contributed by atoms with Crippen LogP contribution in [0.5, 0.6) is 0 Å². The van der Waals surface area contributed by atoms with Gasteiger partial charge in [-0.1, -0.05) is 6.07 Å². The van der Waals surface area contributed by atoms with Crippen molar-refractivity contribution in [2.75, 3.05) is 24.1 Å². The second-order valence-corrected chi connectivity index (χ2v) is 9.04. The molecular weight excluding hydrogens is 374 g/mol. The minimum absolute atomic E-state index is 0.204. The largest absolute Gasteiger partial charge is 0.330 e. The van der Waals surface area contributed by atoms with E-state index in [-0.39, 0.29) is 6.04 Å². The predicted octanol–water partition coefficient (Wildman–Crippen LogP) is 2.47. The molecule has 0 radical (unpaired) electrons. The Morgan fingerprint density at radius 2 is 2.00 bits per heavy atom. The van der Waals surface area contributed by atoms with Crippen molar-refractivity contribution in [1.82, 2.24) is 14.9 Å². The number of anilines is 1. The van der Waals surface area contributed by atoms with Crippen molar-refractivity contribution < 1.29 is 8.42 Å². The molecule has 28 heavy (non-hydrogen) atoms. The van der Waals surface area contributed by atoms with E-state index in [1.165, 1.54) is 5.56 Å². The Kier molecular flexibility index (Phi) is 6.98. The molecule has 0 spiro atoms. The fourth-order valence-corrected chi connectivity index (χ4v) is 4.38. The topological polar surface area (TPSA) is 101 Å². The van der Waals surface area contributed by atoms with Crippen molar-refractivity contribution >= 4 is 15.7 Å². The highest BCUT2D eigenvalue weighted by molar-refractivity contribution is 7.92. The molecule has 0 amide bonds. The lowest BCUT2D eigenvalue weighted by Gasteiger charge is -2.35. The van der Waals surface area contributed by atoms with Crippen LogP contribution in [0.3, 0.4) is 0 Å². The first kappa shape index (κ1) is 20.7. The van der Waals surface area contributed by atoms with E-state index in [9.17, 15) is 8.42 Å². The highest BCUT2D eigenvalue weighted by Gasteiger charge is 2.27. The van der Waals surface area contributed by atoms with E-state index in [0.717, 1.165) is 56.3 Å². The number of aryl methyl sites for hydroxylation is 1. The number of fused-ring (bicyclic) bond motifs is 1. The Labute approximate surface area is 167 Å². The molecule has 1 unspecified atom stereocenters. The van der Waals surface area contributed by atoms with Gasteiger partial charge in [-0.25, -0.2) is 8.42 Å². The molecule has 2 heterocycles. The molecule has 1 aliphatic rings. The van der Waals surface area contributed by atoms with E-state index in [1.807, 2.05) is 12.3 Å². The number of hydrogen-bond donors (Lipinski definition) is 2. The maximum absolute atomic E-state index is 11.7. The molecule has 1 atom stereocenters. The normalized spacial score (nSPS) is 16.8. The number of nitrogens with one attached hydrogen (secondary N) is 1. The number of pyridine rings is 2. The Morgan fingerprint density at radius 3 is 2.79 bits per heavy atom. The number of sulfonamides is 1. The standard InChI is InChI=1S/C20H29N5O2S/c1-28(26,27)24-17-9-6-12-22-18(17)15-25(14-3-2-11-21)19-10-4-7-16-8-5-13-23-20(16)19/h5-6,8-9,12-13,19,24H,2-4,7,10-11,14-15,21H2,1H3. The summed E-state index contributed by atoms with van der Waals surface area (Å²) < 4.78 is 26.1. The summed E-state index contributed by atoms with van der Waals surface area (Å²) in [7, 11) is -3.37. The number of rotatable bonds is 9. The summed E-state index contributed by atoms with van der Waals surface area (Å²) in [6.45, 7) is 2.09. The van der Waals surface area contributed by atoms with Crippen molar-refractivity contribution in [2.45, 2.75) is 44.7 Å². The molecular formula is C20H29N5O2S. The molecule has 0 saturated carbocycles. The van der Waals surface area contributed by atoms with Crippen LogP contribution in [0.15, 0.2) is 36.7 Å². The summed E-state index contributed by atoms with van der Waals surface area (Å²) in [5.74, 6) is 0. The first-order chi connectivity index (χ1) is 13.5. The van der Waals surface area contributed by atoms with Crippen LogP contribution in [-0.4, -0.2) is 42.6 Å². The Hall–Kier alpha value is -2.03. The average Bonchev–Trinajstić information content (AvgIpc) is 2.67. The van der Waals surface area contributed by atoms with Gasteiger partial charge in [-0.15, -0.1) is 0 Å². The summed E-state index contributed by atoms with van der Waals surface area (Å²) in [4.78, 5) is 11.5. The van der Waals surface area contributed by atoms with Gasteiger partial charge in [-0.3, -0.25) is 19.6 Å². The summed E-state index contributed by atoms with van der Waals surface area (Å²) in [5.41, 5.74) is 9.39. The van der Waals surface area contributed by atoms with Crippen LogP contribution in [0.25, 0.3) is 0 Å². The van der Waals surface area contributed by atoms with E-state index in [1.54, 1.807) is 18.3 Å². The number of nitrogens with two attached hydrogens (primary N) is 1. The number of unbranched alkanes of at least 4 members (excludes halogenated alkanes) is 1. The van der Waals surface area contributed by atoms with E-state index in [4.69, 9.17) is 5.73 Å². The van der Waals surface area contributed by atoms with Crippen LogP contribution in [0, 0.1) is 0 Å². The zero-order valence-corrected chi connectivity index (χ0v) is 17.2. The fraction of sp³-hybridized carbons (Fsp3) is 0.500. The summed E-state index contributed by atoms with van der Waals surface area (Å²) in [5, 5.41) is 0. The van der Waals surface area contributed by atoms with E-state index < -0.39 is 10.0 Å². The van der Waals surface area contributed by atoms with Crippen LogP contribution < -0.4 is 10.5 Å². The first-order valence-corrected chi connectivity index (χ1v) is 11.7. The average molecular weight is 404 g/mol. The maximum Gasteiger partial charge on any atom is 0.229 e. The summed E-state index contributed by atoms with van der Waals surface area (Å²) in [6, 6.07) is 7.86. The third-order valence-corrected chi connectivity index (χ3v) is 5.63. The molecule has 2 aromatic rings. The molecule has 2 aromatic heterocycles. The molecule has 3 rings (SSSR count).